The number of aliphatic hydroxyl groups excluding tert-OH is 1. The lowest BCUT2D eigenvalue weighted by Gasteiger charge is -2.17. The molecule has 1 N–H and O–H groups in total. The van der Waals surface area contributed by atoms with Gasteiger partial charge in [0.1, 0.15) is 6.10 Å². The Balaban J connectivity index is 1.94. The number of hydrogen-bond acceptors (Lipinski definition) is 2. The topological polar surface area (TPSA) is 29.5 Å². The third-order valence-corrected chi connectivity index (χ3v) is 4.35. The Hall–Kier alpha value is -0.900. The number of ether oxygens (including phenoxy) is 1. The van der Waals surface area contributed by atoms with Crippen molar-refractivity contribution >= 4 is 0 Å². The first kappa shape index (κ1) is 15.5. The molecule has 2 rings (SSSR count). The predicted octanol–water partition coefficient (Wildman–Crippen LogP) is 4.06. The number of hydrogen-bond donors (Lipinski definition) is 1. The molecule has 0 amide bonds. The normalized spacial score (nSPS) is 33.7. The van der Waals surface area contributed by atoms with Crippen LogP contribution < -0.4 is 0 Å². The highest BCUT2D eigenvalue weighted by atomic mass is 19.3. The summed E-state index contributed by atoms with van der Waals surface area (Å²) in [5.41, 5.74) is 0. The molecule has 1 saturated heterocycles. The number of fused-ring (bicyclic) bond motifs is 1. The van der Waals surface area contributed by atoms with Crippen molar-refractivity contribution < 1.29 is 18.6 Å². The molecule has 1 aliphatic carbocycles. The van der Waals surface area contributed by atoms with E-state index in [0.717, 1.165) is 18.9 Å². The van der Waals surface area contributed by atoms with Crippen LogP contribution in [0.15, 0.2) is 24.5 Å². The largest absolute Gasteiger partial charge is 0.495 e. The van der Waals surface area contributed by atoms with E-state index in [4.69, 9.17) is 4.74 Å². The Labute approximate surface area is 119 Å². The third-order valence-electron chi connectivity index (χ3n) is 4.35. The van der Waals surface area contributed by atoms with Gasteiger partial charge in [-0.05, 0) is 12.5 Å². The van der Waals surface area contributed by atoms with Crippen molar-refractivity contribution in [2.75, 3.05) is 0 Å². The minimum atomic E-state index is -2.77. The molecule has 0 radical (unpaired) electrons. The van der Waals surface area contributed by atoms with Gasteiger partial charge >= 0.3 is 0 Å². The molecule has 1 aliphatic heterocycles. The van der Waals surface area contributed by atoms with Crippen LogP contribution >= 0.6 is 0 Å². The Morgan fingerprint density at radius 2 is 2.20 bits per heavy atom. The molecule has 0 spiro atoms. The van der Waals surface area contributed by atoms with Gasteiger partial charge in [-0.25, -0.2) is 8.78 Å². The average Bonchev–Trinajstić information content (AvgIpc) is 2.82. The highest BCUT2D eigenvalue weighted by molar-refractivity contribution is 5.12. The minimum Gasteiger partial charge on any atom is -0.495 e. The fourth-order valence-electron chi connectivity index (χ4n) is 3.25. The number of alkyl halides is 2. The molecule has 0 aromatic rings. The van der Waals surface area contributed by atoms with Crippen molar-refractivity contribution in [3.63, 3.8) is 0 Å². The maximum atomic E-state index is 13.7. The van der Waals surface area contributed by atoms with Gasteiger partial charge in [0.2, 0.25) is 0 Å². The highest BCUT2D eigenvalue weighted by Gasteiger charge is 2.46. The summed E-state index contributed by atoms with van der Waals surface area (Å²) in [6.07, 6.45) is 5.21. The van der Waals surface area contributed by atoms with Gasteiger partial charge in [-0.2, -0.15) is 0 Å². The second-order valence-corrected chi connectivity index (χ2v) is 6.02. The van der Waals surface area contributed by atoms with Gasteiger partial charge < -0.3 is 9.84 Å². The van der Waals surface area contributed by atoms with E-state index in [1.165, 1.54) is 6.08 Å². The van der Waals surface area contributed by atoms with Crippen LogP contribution in [-0.2, 0) is 4.74 Å². The number of halogens is 2. The maximum absolute atomic E-state index is 13.7. The molecule has 4 heteroatoms. The van der Waals surface area contributed by atoms with Gasteiger partial charge in [-0.15, -0.1) is 0 Å². The molecule has 0 bridgehead atoms. The van der Waals surface area contributed by atoms with Gasteiger partial charge in [-0.1, -0.05) is 32.4 Å². The Kier molecular flexibility index (Phi) is 4.84. The first-order chi connectivity index (χ1) is 9.43. The van der Waals surface area contributed by atoms with Crippen molar-refractivity contribution in [1.82, 2.24) is 0 Å². The number of rotatable bonds is 6. The molecule has 2 nitrogen and oxygen atoms in total. The second kappa shape index (κ2) is 6.25. The summed E-state index contributed by atoms with van der Waals surface area (Å²) in [5, 5.41) is 9.99. The fraction of sp³-hybridized carbons (Fsp3) is 0.750. The van der Waals surface area contributed by atoms with E-state index < -0.39 is 12.0 Å². The quantitative estimate of drug-likeness (QED) is 0.589. The van der Waals surface area contributed by atoms with Crippen LogP contribution in [0.2, 0.25) is 0 Å². The van der Waals surface area contributed by atoms with Crippen molar-refractivity contribution in [3.8, 4) is 0 Å². The van der Waals surface area contributed by atoms with E-state index in [1.807, 2.05) is 6.92 Å². The molecule has 20 heavy (non-hydrogen) atoms. The minimum absolute atomic E-state index is 0.0548. The second-order valence-electron chi connectivity index (χ2n) is 6.02. The molecule has 0 aromatic heterocycles. The molecule has 0 unspecified atom stereocenters. The molecular weight excluding hydrogens is 262 g/mol. The first-order valence-electron chi connectivity index (χ1n) is 7.52. The molecule has 114 valence electrons. The molecule has 1 heterocycles. The zero-order valence-electron chi connectivity index (χ0n) is 12.0. The lowest BCUT2D eigenvalue weighted by molar-refractivity contribution is 0.0413. The summed E-state index contributed by atoms with van der Waals surface area (Å²) in [5.74, 6) is -2.21. The lowest BCUT2D eigenvalue weighted by atomic mass is 9.90. The lowest BCUT2D eigenvalue weighted by Crippen LogP contribution is -2.19. The van der Waals surface area contributed by atoms with Crippen molar-refractivity contribution in [1.29, 1.82) is 0 Å². The summed E-state index contributed by atoms with van der Waals surface area (Å²) in [6, 6.07) is 0. The van der Waals surface area contributed by atoms with Crippen LogP contribution in [0.1, 0.15) is 45.4 Å². The van der Waals surface area contributed by atoms with E-state index in [9.17, 15) is 13.9 Å². The van der Waals surface area contributed by atoms with Gasteiger partial charge in [-0.3, -0.25) is 0 Å². The molecule has 1 saturated carbocycles. The summed E-state index contributed by atoms with van der Waals surface area (Å²) < 4.78 is 33.0. The SMILES string of the molecule is C=C1C[C@@H]2[C@@H](/C=C/C(F)(F)CCCCC)[C@H](O)C[C@@H]2O1. The third kappa shape index (κ3) is 3.60. The summed E-state index contributed by atoms with van der Waals surface area (Å²) in [7, 11) is 0. The monoisotopic (exact) mass is 286 g/mol. The molecule has 2 aliphatic rings. The molecule has 0 aromatic carbocycles. The van der Waals surface area contributed by atoms with Crippen LogP contribution in [0.5, 0.6) is 0 Å². The van der Waals surface area contributed by atoms with Crippen molar-refractivity contribution in [3.05, 3.63) is 24.5 Å². The van der Waals surface area contributed by atoms with Crippen LogP contribution in [0.25, 0.3) is 0 Å². The smallest absolute Gasteiger partial charge is 0.266 e. The fourth-order valence-corrected chi connectivity index (χ4v) is 3.25. The highest BCUT2D eigenvalue weighted by Crippen LogP contribution is 2.45. The van der Waals surface area contributed by atoms with Crippen LogP contribution in [0, 0.1) is 11.8 Å². The van der Waals surface area contributed by atoms with Crippen LogP contribution in [0.3, 0.4) is 0 Å². The average molecular weight is 286 g/mol. The van der Waals surface area contributed by atoms with Crippen molar-refractivity contribution in [2.24, 2.45) is 11.8 Å². The zero-order valence-corrected chi connectivity index (χ0v) is 12.0. The summed E-state index contributed by atoms with van der Waals surface area (Å²) in [6.45, 7) is 5.77. The standard InChI is InChI=1S/C16H24F2O2/c1-3-4-5-7-16(17,18)8-6-12-13-9-11(2)20-15(13)10-14(12)19/h6,8,12-15,19H,2-5,7,9-10H2,1H3/b8-6+/t12-,13-,14-,15+/m1/s1. The van der Waals surface area contributed by atoms with E-state index in [1.54, 1.807) is 0 Å². The number of allylic oxidation sites excluding steroid dienone is 2. The van der Waals surface area contributed by atoms with E-state index >= 15 is 0 Å². The maximum Gasteiger partial charge on any atom is 0.266 e. The summed E-state index contributed by atoms with van der Waals surface area (Å²) in [4.78, 5) is 0. The Bertz CT molecular complexity index is 379. The van der Waals surface area contributed by atoms with Crippen LogP contribution in [-0.4, -0.2) is 23.2 Å². The zero-order chi connectivity index (χ0) is 14.8. The predicted molar refractivity (Wildman–Crippen MR) is 74.5 cm³/mol. The number of aliphatic hydroxyl groups is 1. The van der Waals surface area contributed by atoms with Gasteiger partial charge in [0.15, 0.2) is 0 Å². The molecule has 4 atom stereocenters. The van der Waals surface area contributed by atoms with E-state index in [2.05, 4.69) is 6.58 Å². The van der Waals surface area contributed by atoms with Crippen LogP contribution in [0.4, 0.5) is 8.78 Å². The van der Waals surface area contributed by atoms with Gasteiger partial charge in [0, 0.05) is 31.1 Å². The van der Waals surface area contributed by atoms with Gasteiger partial charge in [0.05, 0.1) is 11.9 Å². The first-order valence-corrected chi connectivity index (χ1v) is 7.52. The Morgan fingerprint density at radius 3 is 2.90 bits per heavy atom. The number of unbranched alkanes of at least 4 members (excludes halogenated alkanes) is 2. The van der Waals surface area contributed by atoms with Gasteiger partial charge in [0.25, 0.3) is 5.92 Å². The molecule has 2 fully saturated rings. The Morgan fingerprint density at radius 1 is 1.45 bits per heavy atom. The molecular formula is C16H24F2O2. The van der Waals surface area contributed by atoms with E-state index in [0.29, 0.717) is 25.0 Å². The summed E-state index contributed by atoms with van der Waals surface area (Å²) >= 11 is 0. The van der Waals surface area contributed by atoms with E-state index in [-0.39, 0.29) is 24.4 Å². The van der Waals surface area contributed by atoms with Crippen molar-refractivity contribution in [2.45, 2.75) is 63.6 Å².